The molecule has 20 heavy (non-hydrogen) atoms. The van der Waals surface area contributed by atoms with Crippen LogP contribution < -0.4 is 15.2 Å². The van der Waals surface area contributed by atoms with Crippen molar-refractivity contribution in [2.75, 3.05) is 6.61 Å². The van der Waals surface area contributed by atoms with Gasteiger partial charge in [0.25, 0.3) is 0 Å². The van der Waals surface area contributed by atoms with Gasteiger partial charge in [-0.1, -0.05) is 24.3 Å². The van der Waals surface area contributed by atoms with E-state index in [4.69, 9.17) is 15.2 Å². The molecular weight excluding hydrogens is 257 g/mol. The molecule has 0 saturated carbocycles. The monoisotopic (exact) mass is 273 g/mol. The van der Waals surface area contributed by atoms with Gasteiger partial charge in [-0.25, -0.2) is 4.39 Å². The second-order valence-corrected chi connectivity index (χ2v) is 4.78. The number of benzene rings is 2. The number of para-hydroxylation sites is 1. The molecule has 0 spiro atoms. The van der Waals surface area contributed by atoms with Gasteiger partial charge in [-0.15, -0.1) is 0 Å². The third kappa shape index (κ3) is 2.47. The highest BCUT2D eigenvalue weighted by molar-refractivity contribution is 5.38. The molecule has 0 amide bonds. The fraction of sp³-hybridized carbons (Fsp3) is 0.250. The van der Waals surface area contributed by atoms with Crippen LogP contribution in [-0.2, 0) is 13.0 Å². The Labute approximate surface area is 117 Å². The first-order chi connectivity index (χ1) is 9.78. The van der Waals surface area contributed by atoms with Crippen LogP contribution >= 0.6 is 0 Å². The zero-order valence-electron chi connectivity index (χ0n) is 11.0. The first-order valence-electron chi connectivity index (χ1n) is 6.62. The SMILES string of the molecule is NCc1c(F)cccc1OCC1Cc2ccccc2O1. The van der Waals surface area contributed by atoms with E-state index >= 15 is 0 Å². The Morgan fingerprint density at radius 3 is 2.85 bits per heavy atom. The summed E-state index contributed by atoms with van der Waals surface area (Å²) >= 11 is 0. The zero-order valence-corrected chi connectivity index (χ0v) is 11.0. The highest BCUT2D eigenvalue weighted by atomic mass is 19.1. The maximum Gasteiger partial charge on any atom is 0.137 e. The first kappa shape index (κ1) is 12.9. The van der Waals surface area contributed by atoms with Crippen molar-refractivity contribution >= 4 is 0 Å². The van der Waals surface area contributed by atoms with Gasteiger partial charge in [0.1, 0.15) is 30.0 Å². The summed E-state index contributed by atoms with van der Waals surface area (Å²) in [6.07, 6.45) is 0.769. The van der Waals surface area contributed by atoms with E-state index in [1.165, 1.54) is 11.6 Å². The zero-order chi connectivity index (χ0) is 13.9. The Morgan fingerprint density at radius 1 is 1.20 bits per heavy atom. The smallest absolute Gasteiger partial charge is 0.137 e. The molecule has 0 aromatic heterocycles. The Kier molecular flexibility index (Phi) is 3.56. The van der Waals surface area contributed by atoms with Crippen molar-refractivity contribution in [2.24, 2.45) is 5.73 Å². The van der Waals surface area contributed by atoms with Crippen LogP contribution in [0.15, 0.2) is 42.5 Å². The maximum atomic E-state index is 13.6. The minimum atomic E-state index is -0.333. The van der Waals surface area contributed by atoms with E-state index in [0.29, 0.717) is 17.9 Å². The number of hydrogen-bond acceptors (Lipinski definition) is 3. The number of halogens is 1. The number of rotatable bonds is 4. The van der Waals surface area contributed by atoms with Crippen LogP contribution in [0.5, 0.6) is 11.5 Å². The molecular formula is C16H16FNO2. The molecule has 2 aromatic carbocycles. The summed E-state index contributed by atoms with van der Waals surface area (Å²) in [6.45, 7) is 0.499. The highest BCUT2D eigenvalue weighted by Crippen LogP contribution is 2.29. The fourth-order valence-electron chi connectivity index (χ4n) is 2.40. The molecule has 3 rings (SSSR count). The van der Waals surface area contributed by atoms with Crippen LogP contribution in [0.4, 0.5) is 4.39 Å². The Balaban J connectivity index is 1.66. The molecule has 1 aliphatic heterocycles. The van der Waals surface area contributed by atoms with Gasteiger partial charge in [0.15, 0.2) is 0 Å². The summed E-state index contributed by atoms with van der Waals surface area (Å²) in [5.74, 6) is 1.06. The Bertz CT molecular complexity index is 590. The summed E-state index contributed by atoms with van der Waals surface area (Å²) in [5.41, 5.74) is 7.14. The molecule has 0 bridgehead atoms. The van der Waals surface area contributed by atoms with Crippen molar-refractivity contribution in [1.29, 1.82) is 0 Å². The van der Waals surface area contributed by atoms with Gasteiger partial charge < -0.3 is 15.2 Å². The third-order valence-electron chi connectivity index (χ3n) is 3.42. The van der Waals surface area contributed by atoms with Gasteiger partial charge >= 0.3 is 0 Å². The molecule has 4 heteroatoms. The van der Waals surface area contributed by atoms with E-state index in [9.17, 15) is 4.39 Å². The predicted octanol–water partition coefficient (Wildman–Crippen LogP) is 2.67. The maximum absolute atomic E-state index is 13.6. The van der Waals surface area contributed by atoms with Crippen LogP contribution in [0, 0.1) is 5.82 Å². The number of nitrogens with two attached hydrogens (primary N) is 1. The van der Waals surface area contributed by atoms with Crippen LogP contribution in [-0.4, -0.2) is 12.7 Å². The first-order valence-corrected chi connectivity index (χ1v) is 6.62. The third-order valence-corrected chi connectivity index (χ3v) is 3.42. The summed E-state index contributed by atoms with van der Waals surface area (Å²) in [7, 11) is 0. The lowest BCUT2D eigenvalue weighted by Crippen LogP contribution is -2.23. The van der Waals surface area contributed by atoms with E-state index in [-0.39, 0.29) is 18.5 Å². The van der Waals surface area contributed by atoms with Crippen molar-refractivity contribution < 1.29 is 13.9 Å². The lowest BCUT2D eigenvalue weighted by molar-refractivity contribution is 0.147. The summed E-state index contributed by atoms with van der Waals surface area (Å²) in [5, 5.41) is 0. The summed E-state index contributed by atoms with van der Waals surface area (Å²) in [6, 6.07) is 12.7. The minimum Gasteiger partial charge on any atom is -0.489 e. The molecule has 1 aliphatic rings. The van der Waals surface area contributed by atoms with Gasteiger partial charge in [-0.05, 0) is 23.8 Å². The van der Waals surface area contributed by atoms with Crippen molar-refractivity contribution in [3.8, 4) is 11.5 Å². The molecule has 1 atom stereocenters. The van der Waals surface area contributed by atoms with E-state index in [2.05, 4.69) is 0 Å². The largest absolute Gasteiger partial charge is 0.489 e. The molecule has 0 fully saturated rings. The quantitative estimate of drug-likeness (QED) is 0.931. The van der Waals surface area contributed by atoms with E-state index < -0.39 is 0 Å². The Hall–Kier alpha value is -2.07. The number of fused-ring (bicyclic) bond motifs is 1. The van der Waals surface area contributed by atoms with E-state index in [1.54, 1.807) is 12.1 Å². The van der Waals surface area contributed by atoms with Gasteiger partial charge in [-0.3, -0.25) is 0 Å². The van der Waals surface area contributed by atoms with Gasteiger partial charge in [-0.2, -0.15) is 0 Å². The van der Waals surface area contributed by atoms with Crippen molar-refractivity contribution in [3.63, 3.8) is 0 Å². The average molecular weight is 273 g/mol. The molecule has 0 saturated heterocycles. The van der Waals surface area contributed by atoms with Crippen molar-refractivity contribution in [1.82, 2.24) is 0 Å². The van der Waals surface area contributed by atoms with Crippen molar-refractivity contribution in [2.45, 2.75) is 19.1 Å². The fourth-order valence-corrected chi connectivity index (χ4v) is 2.40. The van der Waals surface area contributed by atoms with E-state index in [1.807, 2.05) is 24.3 Å². The molecule has 1 heterocycles. The molecule has 0 radical (unpaired) electrons. The topological polar surface area (TPSA) is 44.5 Å². The molecule has 104 valence electrons. The summed E-state index contributed by atoms with van der Waals surface area (Å²) in [4.78, 5) is 0. The van der Waals surface area contributed by atoms with Crippen LogP contribution in [0.25, 0.3) is 0 Å². The normalized spacial score (nSPS) is 16.6. The molecule has 2 aromatic rings. The summed E-state index contributed by atoms with van der Waals surface area (Å²) < 4.78 is 25.0. The van der Waals surface area contributed by atoms with Gasteiger partial charge in [0, 0.05) is 18.5 Å². The highest BCUT2D eigenvalue weighted by Gasteiger charge is 2.23. The second-order valence-electron chi connectivity index (χ2n) is 4.78. The lowest BCUT2D eigenvalue weighted by Gasteiger charge is -2.15. The second kappa shape index (κ2) is 5.51. The lowest BCUT2D eigenvalue weighted by atomic mass is 10.1. The van der Waals surface area contributed by atoms with Gasteiger partial charge in [0.05, 0.1) is 0 Å². The van der Waals surface area contributed by atoms with Crippen LogP contribution in [0.1, 0.15) is 11.1 Å². The average Bonchev–Trinajstić information content (AvgIpc) is 2.88. The predicted molar refractivity (Wildman–Crippen MR) is 74.3 cm³/mol. The van der Waals surface area contributed by atoms with Crippen LogP contribution in [0.3, 0.4) is 0 Å². The van der Waals surface area contributed by atoms with Crippen molar-refractivity contribution in [3.05, 3.63) is 59.4 Å². The van der Waals surface area contributed by atoms with Gasteiger partial charge in [0.2, 0.25) is 0 Å². The van der Waals surface area contributed by atoms with Crippen LogP contribution in [0.2, 0.25) is 0 Å². The molecule has 1 unspecified atom stereocenters. The molecule has 2 N–H and O–H groups in total. The van der Waals surface area contributed by atoms with E-state index in [0.717, 1.165) is 12.2 Å². The molecule has 0 aliphatic carbocycles. The standard InChI is InChI=1S/C16H16FNO2/c17-14-5-3-7-16(13(14)9-18)19-10-12-8-11-4-1-2-6-15(11)20-12/h1-7,12H,8-10,18H2. The Morgan fingerprint density at radius 2 is 2.05 bits per heavy atom. The molecule has 3 nitrogen and oxygen atoms in total. The minimum absolute atomic E-state index is 0.0405. The number of hydrogen-bond donors (Lipinski definition) is 1. The number of ether oxygens (including phenoxy) is 2.